The van der Waals surface area contributed by atoms with E-state index in [9.17, 15) is 40.2 Å². The number of ketones is 1. The van der Waals surface area contributed by atoms with Crippen LogP contribution in [0.15, 0.2) is 35.9 Å². The van der Waals surface area contributed by atoms with Crippen LogP contribution < -0.4 is 0 Å². The van der Waals surface area contributed by atoms with E-state index in [-0.39, 0.29) is 49.5 Å². The van der Waals surface area contributed by atoms with Crippen LogP contribution in [0.5, 0.6) is 5.75 Å². The summed E-state index contributed by atoms with van der Waals surface area (Å²) in [5.74, 6) is -1.98. The quantitative estimate of drug-likeness (QED) is 0.138. The number of esters is 1. The Morgan fingerprint density at radius 3 is 1.98 bits per heavy atom. The van der Waals surface area contributed by atoms with Crippen molar-refractivity contribution in [2.75, 3.05) is 14.2 Å². The van der Waals surface area contributed by atoms with E-state index in [2.05, 4.69) is 6.92 Å². The topological polar surface area (TPSA) is 239 Å². The number of phenols is 1. The molecule has 3 saturated heterocycles. The number of methoxy groups -OCH3 is 2. The predicted molar refractivity (Wildman–Crippen MR) is 228 cm³/mol. The number of ether oxygens (including phenoxy) is 9. The Labute approximate surface area is 380 Å². The van der Waals surface area contributed by atoms with Crippen LogP contribution in [0.25, 0.3) is 0 Å². The number of Topliss-reactive ketones (excluding diaryl/α,β-unsaturated/α-hetero) is 1. The van der Waals surface area contributed by atoms with E-state index in [0.29, 0.717) is 32.1 Å². The molecule has 0 aromatic heterocycles. The number of hydrogen-bond acceptors (Lipinski definition) is 17. The van der Waals surface area contributed by atoms with E-state index >= 15 is 0 Å². The molecule has 17 nitrogen and oxygen atoms in total. The van der Waals surface area contributed by atoms with Gasteiger partial charge in [0.25, 0.3) is 0 Å². The molecule has 17 heteroatoms. The Kier molecular flexibility index (Phi) is 13.5. The molecule has 1 aromatic rings. The van der Waals surface area contributed by atoms with Crippen molar-refractivity contribution in [1.29, 1.82) is 0 Å². The number of phenolic OH excluding ortho intramolecular Hbond substituents is 1. The highest BCUT2D eigenvalue weighted by atomic mass is 16.7. The van der Waals surface area contributed by atoms with Gasteiger partial charge in [0, 0.05) is 39.4 Å². The third kappa shape index (κ3) is 8.11. The first-order valence-electron chi connectivity index (χ1n) is 23.3. The highest BCUT2D eigenvalue weighted by molar-refractivity contribution is 5.90. The Bertz CT molecular complexity index is 1920. The molecule has 4 aliphatic carbocycles. The van der Waals surface area contributed by atoms with Crippen molar-refractivity contribution in [2.24, 2.45) is 16.7 Å². The van der Waals surface area contributed by atoms with Gasteiger partial charge in [-0.25, -0.2) is 4.79 Å². The number of rotatable bonds is 11. The summed E-state index contributed by atoms with van der Waals surface area (Å²) in [7, 11) is 3.14. The lowest BCUT2D eigenvalue weighted by atomic mass is 9.42. The summed E-state index contributed by atoms with van der Waals surface area (Å²) in [6.07, 6.45) is -4.56. The van der Waals surface area contributed by atoms with E-state index in [1.165, 1.54) is 31.2 Å². The molecule has 1 aromatic carbocycles. The highest BCUT2D eigenvalue weighted by Gasteiger charge is 2.81. The number of hydrogen-bond donors (Lipinski definition) is 6. The average molecular weight is 919 g/mol. The lowest BCUT2D eigenvalue weighted by Gasteiger charge is -2.67. The van der Waals surface area contributed by atoms with Gasteiger partial charge in [0.1, 0.15) is 47.0 Å². The Morgan fingerprint density at radius 2 is 1.35 bits per heavy atom. The van der Waals surface area contributed by atoms with E-state index in [1.807, 2.05) is 19.9 Å². The van der Waals surface area contributed by atoms with Gasteiger partial charge in [-0.15, -0.1) is 0 Å². The molecule has 0 unspecified atom stereocenters. The molecule has 0 spiro atoms. The van der Waals surface area contributed by atoms with Crippen LogP contribution in [-0.4, -0.2) is 159 Å². The van der Waals surface area contributed by atoms with Crippen LogP contribution in [0.4, 0.5) is 0 Å². The second-order valence-corrected chi connectivity index (χ2v) is 20.3. The SMILES string of the molecule is CO[C@@H]1C[C@H](O[C@@H]2[C@@H](C)O[C@@H](O[C@H]3[C@@H](O)C[C@H](O[C@H]4CC[C@@]5(C)C(=CC[C@]6(O)[C@@H]5C[C@@H](OC(=O)c5ccc(O)cc5)[C@@]5(C)[C@]6(O)CC[C@@]5(O)C(C)=O)C4)O[C@@H]3C)C[C@H]2OC)O[C@@H](C)[C@@H]1O. The molecule has 7 aliphatic rings. The standard InChI is InChI=1S/C48H70O17/c1-24-40(52)33(57-7)21-38(59-24)65-42-26(3)61-39(22-34(42)58-8)64-41-25(2)60-37(20-32(41)51)62-31-14-15-44(5)29(19-31)13-16-47(55)35(44)23-36(63-43(53)28-9-11-30(50)12-10-28)45(6)46(54,27(4)49)17-18-48(45,47)56/h9-13,24-26,31-42,50-52,54-56H,14-23H2,1-8H3/t24-,25+,26+,31-,32-,33+,34+,35+,36+,37-,38-,39-,40-,41+,42+,44-,45+,46+,47-,48+/m0/s1. The van der Waals surface area contributed by atoms with Gasteiger partial charge in [-0.2, -0.15) is 0 Å². The van der Waals surface area contributed by atoms with Crippen LogP contribution in [-0.2, 0) is 47.4 Å². The molecule has 0 amide bonds. The van der Waals surface area contributed by atoms with E-state index in [1.54, 1.807) is 28.1 Å². The fourth-order valence-electron chi connectivity index (χ4n) is 13.0. The van der Waals surface area contributed by atoms with E-state index < -0.39 is 125 Å². The van der Waals surface area contributed by atoms with Crippen molar-refractivity contribution in [2.45, 2.75) is 209 Å². The zero-order valence-corrected chi connectivity index (χ0v) is 38.8. The summed E-state index contributed by atoms with van der Waals surface area (Å²) in [5, 5.41) is 69.5. The van der Waals surface area contributed by atoms with Gasteiger partial charge < -0.3 is 73.3 Å². The van der Waals surface area contributed by atoms with Crippen LogP contribution in [0, 0.1) is 16.7 Å². The molecule has 20 atom stereocenters. The maximum atomic E-state index is 13.7. The minimum atomic E-state index is -2.08. The van der Waals surface area contributed by atoms with E-state index in [4.69, 9.17) is 42.6 Å². The summed E-state index contributed by atoms with van der Waals surface area (Å²) < 4.78 is 55.3. The number of aromatic hydroxyl groups is 1. The van der Waals surface area contributed by atoms with Crippen molar-refractivity contribution in [3.05, 3.63) is 41.5 Å². The normalized spacial score (nSPS) is 48.6. The van der Waals surface area contributed by atoms with Gasteiger partial charge in [0.2, 0.25) is 0 Å². The van der Waals surface area contributed by atoms with Gasteiger partial charge in [-0.1, -0.05) is 18.6 Å². The molecule has 8 rings (SSSR count). The average Bonchev–Trinajstić information content (AvgIpc) is 3.49. The van der Waals surface area contributed by atoms with Crippen molar-refractivity contribution in [3.63, 3.8) is 0 Å². The second-order valence-electron chi connectivity index (χ2n) is 20.3. The van der Waals surface area contributed by atoms with Gasteiger partial charge in [-0.05, 0) is 109 Å². The van der Waals surface area contributed by atoms with Crippen LogP contribution in [0.3, 0.4) is 0 Å². The van der Waals surface area contributed by atoms with Crippen LogP contribution in [0.2, 0.25) is 0 Å². The van der Waals surface area contributed by atoms with Crippen LogP contribution in [0.1, 0.15) is 116 Å². The van der Waals surface area contributed by atoms with Crippen molar-refractivity contribution in [3.8, 4) is 5.75 Å². The number of aliphatic hydroxyl groups is 5. The molecule has 6 fully saturated rings. The lowest BCUT2D eigenvalue weighted by molar-refractivity contribution is -0.337. The molecule has 0 radical (unpaired) electrons. The van der Waals surface area contributed by atoms with Gasteiger partial charge >= 0.3 is 5.97 Å². The first-order valence-corrected chi connectivity index (χ1v) is 23.3. The summed E-state index contributed by atoms with van der Waals surface area (Å²) in [6.45, 7) is 10.3. The first-order chi connectivity index (χ1) is 30.6. The maximum Gasteiger partial charge on any atom is 0.338 e. The summed E-state index contributed by atoms with van der Waals surface area (Å²) in [6, 6.07) is 5.55. The monoisotopic (exact) mass is 918 g/mol. The molecule has 6 N–H and O–H groups in total. The summed E-state index contributed by atoms with van der Waals surface area (Å²) in [5.41, 5.74) is -7.13. The number of carbonyl (C=O) groups excluding carboxylic acids is 2. The number of fused-ring (bicyclic) bond motifs is 5. The van der Waals surface area contributed by atoms with Crippen molar-refractivity contribution >= 4 is 11.8 Å². The molecule has 3 heterocycles. The Morgan fingerprint density at radius 1 is 0.754 bits per heavy atom. The second kappa shape index (κ2) is 18.0. The van der Waals surface area contributed by atoms with Gasteiger partial charge in [0.05, 0.1) is 53.7 Å². The van der Waals surface area contributed by atoms with Crippen molar-refractivity contribution in [1.82, 2.24) is 0 Å². The fourth-order valence-corrected chi connectivity index (χ4v) is 13.0. The number of benzene rings is 1. The number of carbonyl (C=O) groups is 2. The molecule has 65 heavy (non-hydrogen) atoms. The zero-order chi connectivity index (χ0) is 47.0. The molecular formula is C48H70O17. The van der Waals surface area contributed by atoms with Crippen LogP contribution >= 0.6 is 0 Å². The molecular weight excluding hydrogens is 849 g/mol. The third-order valence-corrected chi connectivity index (χ3v) is 17.0. The summed E-state index contributed by atoms with van der Waals surface area (Å²) >= 11 is 0. The maximum absolute atomic E-state index is 13.7. The van der Waals surface area contributed by atoms with Gasteiger partial charge in [-0.3, -0.25) is 4.79 Å². The molecule has 0 bridgehead atoms. The predicted octanol–water partition coefficient (Wildman–Crippen LogP) is 3.35. The Balaban J connectivity index is 0.915. The molecule has 3 saturated carbocycles. The van der Waals surface area contributed by atoms with E-state index in [0.717, 1.165) is 5.57 Å². The minimum Gasteiger partial charge on any atom is -0.508 e. The molecule has 3 aliphatic heterocycles. The van der Waals surface area contributed by atoms with Crippen molar-refractivity contribution < 1.29 is 82.9 Å². The zero-order valence-electron chi connectivity index (χ0n) is 38.8. The first kappa shape index (κ1) is 48.8. The lowest BCUT2D eigenvalue weighted by Crippen LogP contribution is -2.78. The van der Waals surface area contributed by atoms with Gasteiger partial charge in [0.15, 0.2) is 24.7 Å². The third-order valence-electron chi connectivity index (χ3n) is 17.0. The smallest absolute Gasteiger partial charge is 0.338 e. The fraction of sp³-hybridized carbons (Fsp3) is 0.792. The summed E-state index contributed by atoms with van der Waals surface area (Å²) in [4.78, 5) is 26.9. The number of aliphatic hydroxyl groups excluding tert-OH is 2. The minimum absolute atomic E-state index is 0.0342. The Hall–Kier alpha value is -2.62. The highest BCUT2D eigenvalue weighted by Crippen LogP contribution is 2.71. The largest absolute Gasteiger partial charge is 0.508 e. The molecule has 364 valence electrons.